The topological polar surface area (TPSA) is 67.1 Å². The number of hydrogen-bond acceptors (Lipinski definition) is 5. The van der Waals surface area contributed by atoms with E-state index in [9.17, 15) is 0 Å². The van der Waals surface area contributed by atoms with Crippen LogP contribution in [0.25, 0.3) is 22.2 Å². The maximum atomic E-state index is 6.20. The lowest BCUT2D eigenvalue weighted by Gasteiger charge is -2.28. The van der Waals surface area contributed by atoms with Crippen LogP contribution in [-0.2, 0) is 0 Å². The van der Waals surface area contributed by atoms with Crippen molar-refractivity contribution in [2.75, 3.05) is 36.8 Å². The van der Waals surface area contributed by atoms with Crippen LogP contribution in [0.5, 0.6) is 0 Å². The number of anilines is 2. The second-order valence-electron chi connectivity index (χ2n) is 5.75. The number of hydrogen-bond donors (Lipinski definition) is 2. The number of piperazine rings is 1. The number of fused-ring (bicyclic) bond motifs is 1. The molecule has 5 heteroatoms. The first kappa shape index (κ1) is 14.0. The van der Waals surface area contributed by atoms with Crippen molar-refractivity contribution in [1.29, 1.82) is 0 Å². The summed E-state index contributed by atoms with van der Waals surface area (Å²) in [4.78, 5) is 11.6. The number of nitrogen functional groups attached to an aromatic ring is 1. The molecule has 5 nitrogen and oxygen atoms in total. The van der Waals surface area contributed by atoms with Crippen LogP contribution in [-0.4, -0.2) is 36.1 Å². The third-order valence-corrected chi connectivity index (χ3v) is 4.23. The van der Waals surface area contributed by atoms with Gasteiger partial charge in [-0.3, -0.25) is 0 Å². The van der Waals surface area contributed by atoms with E-state index in [2.05, 4.69) is 21.3 Å². The van der Waals surface area contributed by atoms with Gasteiger partial charge in [-0.05, 0) is 24.3 Å². The van der Waals surface area contributed by atoms with Crippen molar-refractivity contribution < 1.29 is 0 Å². The molecule has 0 radical (unpaired) electrons. The molecule has 1 fully saturated rings. The lowest BCUT2D eigenvalue weighted by molar-refractivity contribution is 0.585. The molecule has 0 amide bonds. The Morgan fingerprint density at radius 2 is 1.87 bits per heavy atom. The summed E-state index contributed by atoms with van der Waals surface area (Å²) in [5.41, 5.74) is 9.81. The van der Waals surface area contributed by atoms with Crippen LogP contribution in [0.15, 0.2) is 48.7 Å². The second-order valence-corrected chi connectivity index (χ2v) is 5.75. The van der Waals surface area contributed by atoms with Gasteiger partial charge in [-0.1, -0.05) is 18.2 Å². The zero-order valence-corrected chi connectivity index (χ0v) is 12.9. The SMILES string of the molecule is Nc1cc(-c2ccnc(N3CCNCC3)c2)nc2ccccc12. The lowest BCUT2D eigenvalue weighted by Crippen LogP contribution is -2.43. The first-order chi connectivity index (χ1) is 11.3. The van der Waals surface area contributed by atoms with Crippen LogP contribution in [0.1, 0.15) is 0 Å². The molecule has 0 unspecified atom stereocenters. The Hall–Kier alpha value is -2.66. The maximum absolute atomic E-state index is 6.20. The number of pyridine rings is 2. The van der Waals surface area contributed by atoms with Crippen molar-refractivity contribution in [3.8, 4) is 11.3 Å². The van der Waals surface area contributed by atoms with Crippen LogP contribution in [0.2, 0.25) is 0 Å². The molecule has 0 saturated carbocycles. The first-order valence-corrected chi connectivity index (χ1v) is 7.88. The monoisotopic (exact) mass is 305 g/mol. The van der Waals surface area contributed by atoms with Crippen LogP contribution in [0.3, 0.4) is 0 Å². The molecule has 1 aliphatic rings. The Morgan fingerprint density at radius 3 is 2.74 bits per heavy atom. The van der Waals surface area contributed by atoms with E-state index in [0.717, 1.165) is 59.8 Å². The quantitative estimate of drug-likeness (QED) is 0.760. The number of rotatable bonds is 2. The van der Waals surface area contributed by atoms with E-state index in [-0.39, 0.29) is 0 Å². The van der Waals surface area contributed by atoms with Gasteiger partial charge in [0.2, 0.25) is 0 Å². The highest BCUT2D eigenvalue weighted by molar-refractivity contribution is 5.92. The van der Waals surface area contributed by atoms with E-state index in [1.165, 1.54) is 0 Å². The number of para-hydroxylation sites is 1. The van der Waals surface area contributed by atoms with Gasteiger partial charge in [-0.2, -0.15) is 0 Å². The summed E-state index contributed by atoms with van der Waals surface area (Å²) in [5, 5.41) is 4.35. The average Bonchev–Trinajstić information content (AvgIpc) is 2.62. The van der Waals surface area contributed by atoms with Gasteiger partial charge in [-0.25, -0.2) is 9.97 Å². The molecule has 1 saturated heterocycles. The molecule has 4 rings (SSSR count). The first-order valence-electron chi connectivity index (χ1n) is 7.88. The minimum atomic E-state index is 0.756. The van der Waals surface area contributed by atoms with Crippen molar-refractivity contribution in [3.05, 3.63) is 48.7 Å². The van der Waals surface area contributed by atoms with Crippen molar-refractivity contribution in [3.63, 3.8) is 0 Å². The largest absolute Gasteiger partial charge is 0.398 e. The van der Waals surface area contributed by atoms with Crippen LogP contribution >= 0.6 is 0 Å². The number of aromatic nitrogens is 2. The predicted octanol–water partition coefficient (Wildman–Crippen LogP) is 2.29. The zero-order valence-electron chi connectivity index (χ0n) is 12.9. The Balaban J connectivity index is 1.75. The smallest absolute Gasteiger partial charge is 0.129 e. The number of nitrogens with one attached hydrogen (secondary N) is 1. The molecular weight excluding hydrogens is 286 g/mol. The standard InChI is InChI=1S/C18H19N5/c19-15-12-17(22-16-4-2-1-3-14(15)16)13-5-6-21-18(11-13)23-9-7-20-8-10-23/h1-6,11-12,20H,7-10H2,(H2,19,22). The van der Waals surface area contributed by atoms with Crippen molar-refractivity contribution >= 4 is 22.4 Å². The van der Waals surface area contributed by atoms with Gasteiger partial charge < -0.3 is 16.0 Å². The third kappa shape index (κ3) is 2.71. The van der Waals surface area contributed by atoms with Crippen molar-refractivity contribution in [2.45, 2.75) is 0 Å². The van der Waals surface area contributed by atoms with Crippen molar-refractivity contribution in [1.82, 2.24) is 15.3 Å². The molecule has 0 aliphatic carbocycles. The fraction of sp³-hybridized carbons (Fsp3) is 0.222. The summed E-state index contributed by atoms with van der Waals surface area (Å²) >= 11 is 0. The molecule has 1 aliphatic heterocycles. The zero-order chi connectivity index (χ0) is 15.6. The summed E-state index contributed by atoms with van der Waals surface area (Å²) in [5.74, 6) is 0.998. The Kier molecular flexibility index (Phi) is 3.55. The highest BCUT2D eigenvalue weighted by Crippen LogP contribution is 2.27. The van der Waals surface area contributed by atoms with Gasteiger partial charge in [0.1, 0.15) is 5.82 Å². The Bertz CT molecular complexity index is 840. The summed E-state index contributed by atoms with van der Waals surface area (Å²) in [7, 11) is 0. The molecule has 0 spiro atoms. The summed E-state index contributed by atoms with van der Waals surface area (Å²) in [6, 6.07) is 14.0. The minimum Gasteiger partial charge on any atom is -0.398 e. The van der Waals surface area contributed by atoms with E-state index in [1.54, 1.807) is 0 Å². The average molecular weight is 305 g/mol. The highest BCUT2D eigenvalue weighted by atomic mass is 15.2. The van der Waals surface area contributed by atoms with Crippen LogP contribution in [0.4, 0.5) is 11.5 Å². The lowest BCUT2D eigenvalue weighted by atomic mass is 10.1. The van der Waals surface area contributed by atoms with Crippen LogP contribution in [0, 0.1) is 0 Å². The molecule has 116 valence electrons. The van der Waals surface area contributed by atoms with Gasteiger partial charge in [0.15, 0.2) is 0 Å². The molecule has 0 bridgehead atoms. The van der Waals surface area contributed by atoms with Gasteiger partial charge in [0.05, 0.1) is 11.2 Å². The van der Waals surface area contributed by atoms with E-state index < -0.39 is 0 Å². The van der Waals surface area contributed by atoms with Crippen molar-refractivity contribution in [2.24, 2.45) is 0 Å². The number of nitrogens with zero attached hydrogens (tertiary/aromatic N) is 3. The fourth-order valence-corrected chi connectivity index (χ4v) is 2.99. The normalized spacial score (nSPS) is 15.0. The van der Waals surface area contributed by atoms with Gasteiger partial charge >= 0.3 is 0 Å². The Labute approximate surface area is 135 Å². The van der Waals surface area contributed by atoms with E-state index in [1.807, 2.05) is 42.6 Å². The summed E-state index contributed by atoms with van der Waals surface area (Å²) in [6.45, 7) is 3.94. The van der Waals surface area contributed by atoms with E-state index in [0.29, 0.717) is 0 Å². The minimum absolute atomic E-state index is 0.756. The molecule has 23 heavy (non-hydrogen) atoms. The molecule has 3 heterocycles. The Morgan fingerprint density at radius 1 is 1.04 bits per heavy atom. The fourth-order valence-electron chi connectivity index (χ4n) is 2.99. The van der Waals surface area contributed by atoms with Gasteiger partial charge in [0.25, 0.3) is 0 Å². The molecule has 0 atom stereocenters. The van der Waals surface area contributed by atoms with E-state index >= 15 is 0 Å². The number of benzene rings is 1. The molecule has 1 aromatic carbocycles. The van der Waals surface area contributed by atoms with E-state index in [4.69, 9.17) is 10.7 Å². The molecule has 3 aromatic rings. The summed E-state index contributed by atoms with van der Waals surface area (Å²) < 4.78 is 0. The molecular formula is C18H19N5. The third-order valence-electron chi connectivity index (χ3n) is 4.23. The van der Waals surface area contributed by atoms with Crippen LogP contribution < -0.4 is 16.0 Å². The second kappa shape index (κ2) is 5.85. The van der Waals surface area contributed by atoms with Gasteiger partial charge in [0, 0.05) is 49.0 Å². The highest BCUT2D eigenvalue weighted by Gasteiger charge is 2.13. The molecule has 2 aromatic heterocycles. The maximum Gasteiger partial charge on any atom is 0.129 e. The van der Waals surface area contributed by atoms with Gasteiger partial charge in [-0.15, -0.1) is 0 Å². The predicted molar refractivity (Wildman–Crippen MR) is 94.5 cm³/mol. The molecule has 3 N–H and O–H groups in total. The summed E-state index contributed by atoms with van der Waals surface area (Å²) in [6.07, 6.45) is 1.85. The number of nitrogens with two attached hydrogens (primary N) is 1.